The van der Waals surface area contributed by atoms with E-state index >= 15 is 0 Å². The van der Waals surface area contributed by atoms with Crippen molar-refractivity contribution < 1.29 is 41.2 Å². The monoisotopic (exact) mass is 836 g/mol. The molecule has 2 aromatic heterocycles. The van der Waals surface area contributed by atoms with Crippen molar-refractivity contribution in [3.05, 3.63) is 95.8 Å². The number of amides is 2. The average Bonchev–Trinajstić information content (AvgIpc) is 3.78. The lowest BCUT2D eigenvalue weighted by molar-refractivity contribution is -0.123. The van der Waals surface area contributed by atoms with Gasteiger partial charge in [-0.1, -0.05) is 12.1 Å². The molecule has 4 saturated heterocycles. The van der Waals surface area contributed by atoms with Crippen LogP contribution < -0.4 is 24.9 Å². The van der Waals surface area contributed by atoms with Crippen LogP contribution in [0.5, 0.6) is 11.5 Å². The molecule has 0 aliphatic carbocycles. The third kappa shape index (κ3) is 11.2. The quantitative estimate of drug-likeness (QED) is 0.231. The van der Waals surface area contributed by atoms with E-state index in [0.717, 1.165) is 76.7 Å². The Morgan fingerprint density at radius 2 is 1.17 bits per heavy atom. The van der Waals surface area contributed by atoms with E-state index in [2.05, 4.69) is 30.0 Å². The Kier molecular flexibility index (Phi) is 14.0. The Hall–Kier alpha value is -5.43. The number of anilines is 4. The van der Waals surface area contributed by atoms with Crippen molar-refractivity contribution >= 4 is 44.9 Å². The summed E-state index contributed by atoms with van der Waals surface area (Å²) in [7, 11) is -3.68. The summed E-state index contributed by atoms with van der Waals surface area (Å²) in [4.78, 5) is 42.9. The van der Waals surface area contributed by atoms with E-state index in [1.807, 2.05) is 12.1 Å². The zero-order valence-corrected chi connectivity index (χ0v) is 34.1. The second kappa shape index (κ2) is 19.1. The van der Waals surface area contributed by atoms with Gasteiger partial charge in [0.05, 0.1) is 24.7 Å². The molecule has 2 unspecified atom stereocenters. The van der Waals surface area contributed by atoms with Gasteiger partial charge in [-0.2, -0.15) is 8.42 Å². The number of pyridine rings is 2. The van der Waals surface area contributed by atoms with Crippen molar-refractivity contribution in [2.24, 2.45) is 0 Å². The highest BCUT2D eigenvalue weighted by Gasteiger charge is 2.38. The Morgan fingerprint density at radius 1 is 0.678 bits per heavy atom. The molecule has 2 aromatic carbocycles. The fourth-order valence-electron chi connectivity index (χ4n) is 7.26. The number of rotatable bonds is 7. The summed E-state index contributed by atoms with van der Waals surface area (Å²) in [6.07, 6.45) is 3.83. The largest absolute Gasteiger partial charge is 0.506 e. The van der Waals surface area contributed by atoms with Gasteiger partial charge in [0, 0.05) is 83.2 Å². The fourth-order valence-corrected chi connectivity index (χ4v) is 7.86. The van der Waals surface area contributed by atoms with Gasteiger partial charge < -0.3 is 35.1 Å². The molecule has 0 bridgehead atoms. The van der Waals surface area contributed by atoms with Gasteiger partial charge in [0.1, 0.15) is 34.8 Å². The summed E-state index contributed by atoms with van der Waals surface area (Å²) in [6, 6.07) is 16.2. The maximum absolute atomic E-state index is 13.9. The van der Waals surface area contributed by atoms with Crippen molar-refractivity contribution in [2.45, 2.75) is 38.8 Å². The minimum absolute atomic E-state index is 0.0504. The minimum Gasteiger partial charge on any atom is -0.506 e. The third-order valence-corrected chi connectivity index (χ3v) is 11.1. The summed E-state index contributed by atoms with van der Waals surface area (Å²) in [6.45, 7) is 11.3. The van der Waals surface area contributed by atoms with Crippen molar-refractivity contribution in [3.63, 3.8) is 0 Å². The molecule has 8 rings (SSSR count). The van der Waals surface area contributed by atoms with Gasteiger partial charge in [-0.05, 0) is 79.9 Å². The van der Waals surface area contributed by atoms with Gasteiger partial charge in [0.25, 0.3) is 16.0 Å². The number of carbonyl (C=O) groups is 2. The SMILES string of the molecule is Cc1ccc(N2CCC(N3CCN(c4ccc(O)cn4)CC3)C2=O)cc1F.Cc1ccc(N2CCC(OS(C)(=O)=O)C2=O)cc1F.Oc1ccc(N2CCNCC2)nc1. The van der Waals surface area contributed by atoms with Crippen LogP contribution in [0.1, 0.15) is 24.0 Å². The molecule has 59 heavy (non-hydrogen) atoms. The number of piperazine rings is 2. The lowest BCUT2D eigenvalue weighted by Gasteiger charge is -2.37. The minimum atomic E-state index is -3.68. The number of benzene rings is 2. The highest BCUT2D eigenvalue weighted by atomic mass is 32.2. The highest BCUT2D eigenvalue weighted by Crippen LogP contribution is 2.28. The van der Waals surface area contributed by atoms with Crippen molar-refractivity contribution in [3.8, 4) is 11.5 Å². The first-order valence-corrected chi connectivity index (χ1v) is 21.3. The van der Waals surface area contributed by atoms with Gasteiger partial charge in [-0.3, -0.25) is 18.7 Å². The van der Waals surface area contributed by atoms with E-state index in [1.165, 1.54) is 29.4 Å². The maximum Gasteiger partial charge on any atom is 0.265 e. The summed E-state index contributed by atoms with van der Waals surface area (Å²) in [5.74, 6) is 1.06. The topological polar surface area (TPSA) is 172 Å². The Morgan fingerprint density at radius 3 is 1.64 bits per heavy atom. The summed E-state index contributed by atoms with van der Waals surface area (Å²) in [5.41, 5.74) is 2.12. The van der Waals surface area contributed by atoms with Crippen LogP contribution in [0.3, 0.4) is 0 Å². The van der Waals surface area contributed by atoms with Crippen LogP contribution in [-0.2, 0) is 23.9 Å². The van der Waals surface area contributed by atoms with Crippen LogP contribution in [0.15, 0.2) is 73.1 Å². The number of hydrogen-bond acceptors (Lipinski definition) is 13. The lowest BCUT2D eigenvalue weighted by Crippen LogP contribution is -2.52. The maximum atomic E-state index is 13.9. The molecule has 2 amide bonds. The van der Waals surface area contributed by atoms with Crippen LogP contribution in [0.2, 0.25) is 0 Å². The van der Waals surface area contributed by atoms with E-state index in [4.69, 9.17) is 9.29 Å². The van der Waals surface area contributed by atoms with Gasteiger partial charge in [-0.15, -0.1) is 0 Å². The van der Waals surface area contributed by atoms with E-state index in [-0.39, 0.29) is 35.7 Å². The Labute approximate surface area is 343 Å². The average molecular weight is 837 g/mol. The Balaban J connectivity index is 0.000000159. The highest BCUT2D eigenvalue weighted by molar-refractivity contribution is 7.86. The molecule has 316 valence electrons. The third-order valence-electron chi connectivity index (χ3n) is 10.5. The molecule has 6 heterocycles. The molecule has 4 aromatic rings. The van der Waals surface area contributed by atoms with Crippen molar-refractivity contribution in [1.29, 1.82) is 0 Å². The van der Waals surface area contributed by atoms with Crippen LogP contribution in [0.25, 0.3) is 0 Å². The van der Waals surface area contributed by atoms with Crippen molar-refractivity contribution in [1.82, 2.24) is 20.2 Å². The normalized spacial score (nSPS) is 19.9. The molecule has 15 nitrogen and oxygen atoms in total. The number of aromatic hydroxyl groups is 2. The van der Waals surface area contributed by atoms with Crippen molar-refractivity contribution in [2.75, 3.05) is 91.3 Å². The van der Waals surface area contributed by atoms with Gasteiger partial charge >= 0.3 is 0 Å². The lowest BCUT2D eigenvalue weighted by atomic mass is 10.1. The number of nitrogens with one attached hydrogen (secondary N) is 1. The zero-order valence-electron chi connectivity index (χ0n) is 33.3. The molecular weight excluding hydrogens is 787 g/mol. The molecule has 2 atom stereocenters. The molecular formula is C41H50F2N8O7S. The molecule has 0 saturated carbocycles. The zero-order chi connectivity index (χ0) is 42.3. The van der Waals surface area contributed by atoms with E-state index in [9.17, 15) is 31.9 Å². The second-order valence-electron chi connectivity index (χ2n) is 14.7. The first-order chi connectivity index (χ1) is 28.2. The standard InChI is InChI=1S/C20H23FN4O2.C12H14FNO4S.C9H13N3O/c1-14-2-3-15(12-17(14)21)25-7-6-18(20(25)27)23-8-10-24(11-9-23)19-5-4-16(26)13-22-19;1-8-3-4-9(7-10(8)13)14-6-5-11(12(14)15)18-19(2,16)17;13-8-1-2-9(11-7-8)12-5-3-10-4-6-12/h2-5,12-13,18,26H,6-11H2,1H3;3-4,7,11H,5-6H2,1-2H3;1-2,7,10,13H,3-6H2. The number of carbonyl (C=O) groups excluding carboxylic acids is 2. The fraction of sp³-hybridized carbons (Fsp3) is 0.415. The van der Waals surface area contributed by atoms with E-state index in [1.54, 1.807) is 55.1 Å². The summed E-state index contributed by atoms with van der Waals surface area (Å²) >= 11 is 0. The van der Waals surface area contributed by atoms with Crippen LogP contribution in [0, 0.1) is 25.5 Å². The van der Waals surface area contributed by atoms with Crippen LogP contribution in [0.4, 0.5) is 31.8 Å². The number of nitrogens with zero attached hydrogens (tertiary/aromatic N) is 7. The predicted octanol–water partition coefficient (Wildman–Crippen LogP) is 3.57. The number of aryl methyl sites for hydroxylation is 2. The molecule has 4 aliphatic rings. The molecule has 3 N–H and O–H groups in total. The molecule has 4 aliphatic heterocycles. The smallest absolute Gasteiger partial charge is 0.265 e. The number of halogens is 2. The van der Waals surface area contributed by atoms with E-state index in [0.29, 0.717) is 35.6 Å². The number of aromatic nitrogens is 2. The molecule has 4 fully saturated rings. The first-order valence-electron chi connectivity index (χ1n) is 19.4. The first kappa shape index (κ1) is 43.2. The van der Waals surface area contributed by atoms with Gasteiger partial charge in [0.15, 0.2) is 6.10 Å². The van der Waals surface area contributed by atoms with Gasteiger partial charge in [-0.25, -0.2) is 18.7 Å². The number of hydrogen-bond donors (Lipinski definition) is 3. The molecule has 0 radical (unpaired) electrons. The second-order valence-corrected chi connectivity index (χ2v) is 16.3. The summed E-state index contributed by atoms with van der Waals surface area (Å²) in [5, 5.41) is 21.7. The van der Waals surface area contributed by atoms with Crippen LogP contribution in [-0.4, -0.2) is 129 Å². The molecule has 18 heteroatoms. The van der Waals surface area contributed by atoms with E-state index < -0.39 is 27.9 Å². The van der Waals surface area contributed by atoms with Crippen LogP contribution >= 0.6 is 0 Å². The Bertz CT molecular complexity index is 2190. The predicted molar refractivity (Wildman–Crippen MR) is 220 cm³/mol. The summed E-state index contributed by atoms with van der Waals surface area (Å²) < 4.78 is 54.1. The van der Waals surface area contributed by atoms with Gasteiger partial charge in [0.2, 0.25) is 5.91 Å². The molecule has 0 spiro atoms.